The van der Waals surface area contributed by atoms with Crippen LogP contribution in [-0.4, -0.2) is 66.4 Å². The smallest absolute Gasteiger partial charge is 0.223 e. The number of likely N-dealkylation sites (tertiary alicyclic amines) is 1. The molecule has 2 saturated carbocycles. The number of hydrogen-bond donors (Lipinski definition) is 2. The fourth-order valence-electron chi connectivity index (χ4n) is 8.07. The highest BCUT2D eigenvalue weighted by atomic mass is 35.5. The molecule has 4 aliphatic rings. The molecule has 246 valence electrons. The van der Waals surface area contributed by atoms with Crippen LogP contribution >= 0.6 is 23.8 Å². The van der Waals surface area contributed by atoms with Crippen LogP contribution in [0.1, 0.15) is 75.0 Å². The molecule has 9 heteroatoms. The number of benzene rings is 2. The molecule has 0 atom stereocenters. The van der Waals surface area contributed by atoms with Gasteiger partial charge in [-0.05, 0) is 93.0 Å². The maximum absolute atomic E-state index is 13.3. The van der Waals surface area contributed by atoms with Gasteiger partial charge in [-0.1, -0.05) is 60.6 Å². The third-order valence-electron chi connectivity index (χ3n) is 11.3. The molecular formula is C37H47ClN4O3S. The molecule has 7 nitrogen and oxygen atoms in total. The number of aromatic nitrogens is 1. The molecule has 4 fully saturated rings. The highest BCUT2D eigenvalue weighted by molar-refractivity contribution is 7.80. The second kappa shape index (κ2) is 13.9. The molecular weight excluding hydrogens is 616 g/mol. The lowest BCUT2D eigenvalue weighted by molar-refractivity contribution is -0.135. The van der Waals surface area contributed by atoms with Gasteiger partial charge >= 0.3 is 0 Å². The Balaban J connectivity index is 0.983. The lowest BCUT2D eigenvalue weighted by Crippen LogP contribution is -2.51. The van der Waals surface area contributed by atoms with Gasteiger partial charge in [-0.15, -0.1) is 0 Å². The Bertz CT molecular complexity index is 1560. The van der Waals surface area contributed by atoms with Gasteiger partial charge < -0.3 is 30.0 Å². The summed E-state index contributed by atoms with van der Waals surface area (Å²) in [6, 6.07) is 12.6. The summed E-state index contributed by atoms with van der Waals surface area (Å²) in [6.45, 7) is 6.96. The largest absolute Gasteiger partial charge is 0.389 e. The molecule has 2 aromatic carbocycles. The van der Waals surface area contributed by atoms with Crippen molar-refractivity contribution in [1.82, 2.24) is 14.8 Å². The second-order valence-electron chi connectivity index (χ2n) is 14.2. The summed E-state index contributed by atoms with van der Waals surface area (Å²) in [7, 11) is 0. The van der Waals surface area contributed by atoms with E-state index in [2.05, 4.69) is 39.2 Å². The Morgan fingerprint density at radius 3 is 2.61 bits per heavy atom. The molecule has 1 aromatic heterocycles. The molecule has 2 saturated heterocycles. The average molecular weight is 663 g/mol. The van der Waals surface area contributed by atoms with Crippen LogP contribution in [0.5, 0.6) is 0 Å². The summed E-state index contributed by atoms with van der Waals surface area (Å²) in [5.74, 6) is 1.06. The van der Waals surface area contributed by atoms with Gasteiger partial charge in [0.25, 0.3) is 0 Å². The van der Waals surface area contributed by atoms with Crippen molar-refractivity contribution in [2.45, 2.75) is 70.4 Å². The molecule has 2 aliphatic heterocycles. The van der Waals surface area contributed by atoms with Crippen LogP contribution in [0.3, 0.4) is 0 Å². The van der Waals surface area contributed by atoms with E-state index >= 15 is 0 Å². The molecule has 0 radical (unpaired) electrons. The number of hydrogen-bond acceptors (Lipinski definition) is 5. The van der Waals surface area contributed by atoms with E-state index in [1.807, 2.05) is 18.2 Å². The zero-order chi connectivity index (χ0) is 31.7. The molecule has 7 rings (SSSR count). The van der Waals surface area contributed by atoms with Gasteiger partial charge in [0.15, 0.2) is 0 Å². The first-order valence-electron chi connectivity index (χ1n) is 17.3. The number of nitrogens with two attached hydrogens (primary N) is 1. The van der Waals surface area contributed by atoms with E-state index in [0.717, 1.165) is 111 Å². The number of amides is 1. The minimum atomic E-state index is 0.0958. The van der Waals surface area contributed by atoms with Crippen LogP contribution in [0.15, 0.2) is 42.6 Å². The van der Waals surface area contributed by atoms with Gasteiger partial charge in [-0.3, -0.25) is 4.79 Å². The molecule has 46 heavy (non-hydrogen) atoms. The first kappa shape index (κ1) is 32.1. The number of ether oxygens (including phenoxy) is 2. The van der Waals surface area contributed by atoms with Gasteiger partial charge in [0.2, 0.25) is 5.91 Å². The number of nitrogens with zero attached hydrogens (tertiary/aromatic N) is 2. The molecule has 0 unspecified atom stereocenters. The SMILES string of the molecule is NC(=S)c1cccc(-c2cn(C3CCOCC3)c3c(Cl)c(CNC(=O)C4CC5(CCN(CCOCC6CCC6)CC5)C4)ccc23)c1. The standard InChI is InChI=1S/C37H47ClN4O3S/c38-33-28(22-40-36(43)29-20-37(21-29)11-13-41(14-12-37)15-18-45-24-25-3-1-4-25)7-8-31-32(26-5-2-6-27(19-26)35(39)46)23-42(34(31)33)30-9-16-44-17-10-30/h2,5-8,19,23,25,29-30H,1,3-4,9-18,20-22,24H2,(H2,39,46)(H,40,43). The Morgan fingerprint density at radius 1 is 1.11 bits per heavy atom. The van der Waals surface area contributed by atoms with Crippen molar-refractivity contribution in [3.63, 3.8) is 0 Å². The van der Waals surface area contributed by atoms with E-state index in [1.54, 1.807) is 0 Å². The number of piperidine rings is 1. The van der Waals surface area contributed by atoms with E-state index < -0.39 is 0 Å². The Kier molecular flexibility index (Phi) is 9.71. The van der Waals surface area contributed by atoms with E-state index in [9.17, 15) is 4.79 Å². The molecule has 1 spiro atoms. The van der Waals surface area contributed by atoms with E-state index in [-0.39, 0.29) is 11.8 Å². The maximum Gasteiger partial charge on any atom is 0.223 e. The van der Waals surface area contributed by atoms with E-state index in [1.165, 1.54) is 32.1 Å². The number of fused-ring (bicyclic) bond motifs is 1. The lowest BCUT2D eigenvalue weighted by atomic mass is 9.57. The predicted octanol–water partition coefficient (Wildman–Crippen LogP) is 6.87. The Morgan fingerprint density at radius 2 is 1.89 bits per heavy atom. The van der Waals surface area contributed by atoms with Gasteiger partial charge in [-0.25, -0.2) is 0 Å². The van der Waals surface area contributed by atoms with Crippen LogP contribution in [0.2, 0.25) is 5.02 Å². The zero-order valence-electron chi connectivity index (χ0n) is 26.8. The molecule has 0 bridgehead atoms. The normalized spacial score (nSPS) is 20.9. The van der Waals surface area contributed by atoms with Crippen LogP contribution in [0, 0.1) is 17.3 Å². The van der Waals surface area contributed by atoms with Crippen LogP contribution < -0.4 is 11.1 Å². The van der Waals surface area contributed by atoms with Gasteiger partial charge in [-0.2, -0.15) is 0 Å². The van der Waals surface area contributed by atoms with Crippen LogP contribution in [0.25, 0.3) is 22.0 Å². The number of carbonyl (C=O) groups is 1. The maximum atomic E-state index is 13.3. The second-order valence-corrected chi connectivity index (χ2v) is 15.0. The Labute approximate surface area is 283 Å². The summed E-state index contributed by atoms with van der Waals surface area (Å²) in [4.78, 5) is 16.2. The van der Waals surface area contributed by atoms with Crippen molar-refractivity contribution in [1.29, 1.82) is 0 Å². The number of halogens is 1. The first-order valence-corrected chi connectivity index (χ1v) is 18.1. The highest BCUT2D eigenvalue weighted by Crippen LogP contribution is 2.52. The van der Waals surface area contributed by atoms with Crippen molar-refractivity contribution >= 4 is 45.6 Å². The number of thiocarbonyl (C=S) groups is 1. The van der Waals surface area contributed by atoms with Crippen molar-refractivity contribution in [2.75, 3.05) is 46.1 Å². The average Bonchev–Trinajstić information content (AvgIpc) is 3.44. The molecule has 1 amide bonds. The molecule has 3 heterocycles. The number of carbonyl (C=O) groups excluding carboxylic acids is 1. The lowest BCUT2D eigenvalue weighted by Gasteiger charge is -2.51. The minimum Gasteiger partial charge on any atom is -0.389 e. The van der Waals surface area contributed by atoms with Gasteiger partial charge in [0, 0.05) is 67.6 Å². The van der Waals surface area contributed by atoms with Crippen molar-refractivity contribution in [3.8, 4) is 11.1 Å². The van der Waals surface area contributed by atoms with Crippen LogP contribution in [0.4, 0.5) is 0 Å². The topological polar surface area (TPSA) is 81.8 Å². The fraction of sp³-hybridized carbons (Fsp3) is 0.568. The number of rotatable bonds is 11. The van der Waals surface area contributed by atoms with E-state index in [0.29, 0.717) is 28.0 Å². The minimum absolute atomic E-state index is 0.0958. The third-order valence-corrected chi connectivity index (χ3v) is 11.9. The zero-order valence-corrected chi connectivity index (χ0v) is 28.3. The first-order chi connectivity index (χ1) is 22.4. The number of nitrogens with one attached hydrogen (secondary N) is 1. The van der Waals surface area contributed by atoms with Gasteiger partial charge in [0.1, 0.15) is 4.99 Å². The Hall–Kier alpha value is -2.49. The summed E-state index contributed by atoms with van der Waals surface area (Å²) in [5.41, 5.74) is 11.3. The van der Waals surface area contributed by atoms with Crippen molar-refractivity contribution in [2.24, 2.45) is 23.0 Å². The predicted molar refractivity (Wildman–Crippen MR) is 188 cm³/mol. The fourth-order valence-corrected chi connectivity index (χ4v) is 8.52. The van der Waals surface area contributed by atoms with Crippen molar-refractivity contribution in [3.05, 3.63) is 58.7 Å². The summed E-state index contributed by atoms with van der Waals surface area (Å²) in [5, 5.41) is 5.03. The third kappa shape index (κ3) is 6.74. The quantitative estimate of drug-likeness (QED) is 0.172. The van der Waals surface area contributed by atoms with Crippen molar-refractivity contribution < 1.29 is 14.3 Å². The summed E-state index contributed by atoms with van der Waals surface area (Å²) >= 11 is 12.5. The van der Waals surface area contributed by atoms with Gasteiger partial charge in [0.05, 0.1) is 17.1 Å². The summed E-state index contributed by atoms with van der Waals surface area (Å²) in [6.07, 6.45) is 12.5. The molecule has 3 N–H and O–H groups in total. The van der Waals surface area contributed by atoms with Crippen LogP contribution in [-0.2, 0) is 20.8 Å². The summed E-state index contributed by atoms with van der Waals surface area (Å²) < 4.78 is 13.9. The van der Waals surface area contributed by atoms with E-state index in [4.69, 9.17) is 39.0 Å². The monoisotopic (exact) mass is 662 g/mol. The highest BCUT2D eigenvalue weighted by Gasteiger charge is 2.48. The molecule has 2 aliphatic carbocycles. The molecule has 3 aromatic rings.